The number of nitrogens with two attached hydrogens (primary N) is 1. The number of hydrogen-bond donors (Lipinski definition) is 1. The van der Waals surface area contributed by atoms with Crippen molar-refractivity contribution in [1.29, 1.82) is 0 Å². The van der Waals surface area contributed by atoms with Crippen LogP contribution in [0.1, 0.15) is 6.92 Å². The molecule has 0 rings (SSSR count). The lowest BCUT2D eigenvalue weighted by molar-refractivity contribution is -0.113. The Kier molecular flexibility index (Phi) is 5.35. The van der Waals surface area contributed by atoms with Crippen LogP contribution in [0.25, 0.3) is 0 Å². The van der Waals surface area contributed by atoms with E-state index in [-0.39, 0.29) is 0 Å². The first-order chi connectivity index (χ1) is 6.07. The summed E-state index contributed by atoms with van der Waals surface area (Å²) in [5.74, 6) is -0.437. The largest absolute Gasteiger partial charge is 0.378 e. The third kappa shape index (κ3) is 5.73. The fourth-order valence-corrected chi connectivity index (χ4v) is 0.716. The molecule has 3 nitrogen and oxygen atoms in total. The number of hydrogen-bond acceptors (Lipinski definition) is 2. The zero-order valence-electron chi connectivity index (χ0n) is 8.32. The van der Waals surface area contributed by atoms with Gasteiger partial charge in [-0.15, -0.1) is 0 Å². The molecule has 0 atom stereocenters. The fourth-order valence-electron chi connectivity index (χ4n) is 0.716. The van der Waals surface area contributed by atoms with Gasteiger partial charge in [-0.05, 0) is 19.1 Å². The number of allylic oxidation sites excluding steroid dienone is 4. The summed E-state index contributed by atoms with van der Waals surface area (Å²) >= 11 is 0. The quantitative estimate of drug-likeness (QED) is 0.519. The molecule has 0 aromatic heterocycles. The van der Waals surface area contributed by atoms with Crippen LogP contribution in [0.2, 0.25) is 0 Å². The number of nitrogens with zero attached hydrogens (tertiary/aromatic N) is 1. The molecule has 72 valence electrons. The summed E-state index contributed by atoms with van der Waals surface area (Å²) in [5, 5.41) is 0. The second-order valence-corrected chi connectivity index (χ2v) is 2.75. The van der Waals surface area contributed by atoms with Crippen molar-refractivity contribution in [2.24, 2.45) is 5.73 Å². The standard InChI is InChI=1S/C10H16N2O/c1-4-5-6-9(12(2)3)7-8-10(11)13/h4-8H,1-3H3,(H2,11,13)/b5-4-,8-7+,9-6+. The predicted molar refractivity (Wildman–Crippen MR) is 54.9 cm³/mol. The van der Waals surface area contributed by atoms with Gasteiger partial charge in [0.1, 0.15) is 0 Å². The Morgan fingerprint density at radius 2 is 1.92 bits per heavy atom. The summed E-state index contributed by atoms with van der Waals surface area (Å²) in [5.41, 5.74) is 5.91. The highest BCUT2D eigenvalue weighted by molar-refractivity contribution is 5.86. The molecule has 0 spiro atoms. The molecule has 0 aliphatic rings. The second kappa shape index (κ2) is 6.06. The van der Waals surface area contributed by atoms with Gasteiger partial charge in [-0.2, -0.15) is 0 Å². The van der Waals surface area contributed by atoms with Crippen LogP contribution in [0, 0.1) is 0 Å². The molecule has 0 aliphatic carbocycles. The van der Waals surface area contributed by atoms with Crippen molar-refractivity contribution >= 4 is 5.91 Å². The Labute approximate surface area is 79.2 Å². The first kappa shape index (κ1) is 11.5. The van der Waals surface area contributed by atoms with Gasteiger partial charge in [0.2, 0.25) is 5.91 Å². The van der Waals surface area contributed by atoms with Gasteiger partial charge < -0.3 is 10.6 Å². The van der Waals surface area contributed by atoms with Crippen LogP contribution in [0.3, 0.4) is 0 Å². The zero-order valence-corrected chi connectivity index (χ0v) is 8.32. The number of rotatable bonds is 4. The zero-order chi connectivity index (χ0) is 10.3. The molecule has 13 heavy (non-hydrogen) atoms. The summed E-state index contributed by atoms with van der Waals surface area (Å²) in [6.07, 6.45) is 8.75. The summed E-state index contributed by atoms with van der Waals surface area (Å²) in [6.45, 7) is 1.93. The van der Waals surface area contributed by atoms with E-state index in [1.54, 1.807) is 6.08 Å². The van der Waals surface area contributed by atoms with E-state index in [0.717, 1.165) is 5.70 Å². The van der Waals surface area contributed by atoms with Crippen LogP contribution in [0.4, 0.5) is 0 Å². The smallest absolute Gasteiger partial charge is 0.241 e. The van der Waals surface area contributed by atoms with Crippen molar-refractivity contribution in [3.8, 4) is 0 Å². The Balaban J connectivity index is 4.53. The molecule has 0 unspecified atom stereocenters. The maximum Gasteiger partial charge on any atom is 0.241 e. The minimum atomic E-state index is -0.437. The van der Waals surface area contributed by atoms with Gasteiger partial charge in [-0.3, -0.25) is 4.79 Å². The summed E-state index contributed by atoms with van der Waals surface area (Å²) in [4.78, 5) is 12.4. The molecule has 0 aliphatic heterocycles. The Hall–Kier alpha value is -1.51. The minimum Gasteiger partial charge on any atom is -0.378 e. The maximum absolute atomic E-state index is 10.5. The van der Waals surface area contributed by atoms with Gasteiger partial charge >= 0.3 is 0 Å². The summed E-state index contributed by atoms with van der Waals surface area (Å²) < 4.78 is 0. The SMILES string of the molecule is C\C=C/C=C(\C=C\C(N)=O)N(C)C. The van der Waals surface area contributed by atoms with E-state index in [0.29, 0.717) is 0 Å². The number of primary amides is 1. The number of carbonyl (C=O) groups is 1. The van der Waals surface area contributed by atoms with E-state index in [1.807, 2.05) is 44.1 Å². The van der Waals surface area contributed by atoms with Gasteiger partial charge in [-0.1, -0.05) is 12.2 Å². The first-order valence-corrected chi connectivity index (χ1v) is 4.05. The van der Waals surface area contributed by atoms with Crippen molar-refractivity contribution in [3.63, 3.8) is 0 Å². The number of amides is 1. The van der Waals surface area contributed by atoms with Crippen molar-refractivity contribution in [1.82, 2.24) is 4.90 Å². The fraction of sp³-hybridized carbons (Fsp3) is 0.300. The van der Waals surface area contributed by atoms with Crippen LogP contribution in [0.5, 0.6) is 0 Å². The van der Waals surface area contributed by atoms with Gasteiger partial charge in [-0.25, -0.2) is 0 Å². The highest BCUT2D eigenvalue weighted by Gasteiger charge is 1.92. The Bertz CT molecular complexity index is 250. The molecule has 1 amide bonds. The van der Waals surface area contributed by atoms with Crippen molar-refractivity contribution < 1.29 is 4.79 Å². The summed E-state index contributed by atoms with van der Waals surface area (Å²) in [7, 11) is 3.81. The average Bonchev–Trinajstić information content (AvgIpc) is 2.03. The Morgan fingerprint density at radius 1 is 1.31 bits per heavy atom. The molecule has 0 heterocycles. The van der Waals surface area contributed by atoms with E-state index in [4.69, 9.17) is 5.73 Å². The van der Waals surface area contributed by atoms with E-state index in [1.165, 1.54) is 6.08 Å². The van der Waals surface area contributed by atoms with Crippen molar-refractivity contribution in [2.45, 2.75) is 6.92 Å². The first-order valence-electron chi connectivity index (χ1n) is 4.05. The van der Waals surface area contributed by atoms with Crippen LogP contribution < -0.4 is 5.73 Å². The lowest BCUT2D eigenvalue weighted by Gasteiger charge is -2.12. The predicted octanol–water partition coefficient (Wildman–Crippen LogP) is 1.05. The van der Waals surface area contributed by atoms with Crippen LogP contribution in [0.15, 0.2) is 36.1 Å². The van der Waals surface area contributed by atoms with E-state index >= 15 is 0 Å². The van der Waals surface area contributed by atoms with E-state index in [2.05, 4.69) is 0 Å². The van der Waals surface area contributed by atoms with Crippen molar-refractivity contribution in [3.05, 3.63) is 36.1 Å². The van der Waals surface area contributed by atoms with E-state index in [9.17, 15) is 4.79 Å². The lowest BCUT2D eigenvalue weighted by Crippen LogP contribution is -2.11. The van der Waals surface area contributed by atoms with E-state index < -0.39 is 5.91 Å². The number of likely N-dealkylation sites (N-methyl/N-ethyl adjacent to an activating group) is 1. The van der Waals surface area contributed by atoms with Crippen LogP contribution >= 0.6 is 0 Å². The minimum absolute atomic E-state index is 0.437. The number of carbonyl (C=O) groups excluding carboxylic acids is 1. The second-order valence-electron chi connectivity index (χ2n) is 2.75. The maximum atomic E-state index is 10.5. The monoisotopic (exact) mass is 180 g/mol. The molecule has 0 saturated heterocycles. The third-order valence-corrected chi connectivity index (χ3v) is 1.39. The molecule has 0 aromatic carbocycles. The molecule has 0 saturated carbocycles. The van der Waals surface area contributed by atoms with Gasteiger partial charge in [0, 0.05) is 25.9 Å². The van der Waals surface area contributed by atoms with Crippen molar-refractivity contribution in [2.75, 3.05) is 14.1 Å². The van der Waals surface area contributed by atoms with Gasteiger partial charge in [0.05, 0.1) is 0 Å². The lowest BCUT2D eigenvalue weighted by atomic mass is 10.3. The van der Waals surface area contributed by atoms with Crippen LogP contribution in [-0.2, 0) is 4.79 Å². The van der Waals surface area contributed by atoms with Crippen LogP contribution in [-0.4, -0.2) is 24.9 Å². The molecule has 0 radical (unpaired) electrons. The Morgan fingerprint density at radius 3 is 2.31 bits per heavy atom. The molecule has 0 bridgehead atoms. The molecule has 3 heteroatoms. The molecule has 0 aromatic rings. The molecular formula is C10H16N2O. The van der Waals surface area contributed by atoms with Gasteiger partial charge in [0.15, 0.2) is 0 Å². The normalized spacial score (nSPS) is 12.7. The van der Waals surface area contributed by atoms with Gasteiger partial charge in [0.25, 0.3) is 0 Å². The highest BCUT2D eigenvalue weighted by atomic mass is 16.1. The third-order valence-electron chi connectivity index (χ3n) is 1.39. The highest BCUT2D eigenvalue weighted by Crippen LogP contribution is 2.00. The molecular weight excluding hydrogens is 164 g/mol. The molecule has 2 N–H and O–H groups in total. The topological polar surface area (TPSA) is 46.3 Å². The average molecular weight is 180 g/mol. The molecule has 0 fully saturated rings. The summed E-state index contributed by atoms with van der Waals surface area (Å²) in [6, 6.07) is 0.